The molecule has 0 bridgehead atoms. The molecule has 2 N–H and O–H groups in total. The predicted octanol–water partition coefficient (Wildman–Crippen LogP) is 5.42. The van der Waals surface area contributed by atoms with E-state index in [9.17, 15) is 13.2 Å². The van der Waals surface area contributed by atoms with Gasteiger partial charge in [-0.15, -0.1) is 11.3 Å². The molecule has 5 rings (SSSR count). The highest BCUT2D eigenvalue weighted by Gasteiger charge is 2.18. The van der Waals surface area contributed by atoms with Gasteiger partial charge in [0.25, 0.3) is 15.9 Å². The van der Waals surface area contributed by atoms with Crippen molar-refractivity contribution in [3.05, 3.63) is 95.1 Å². The first kappa shape index (κ1) is 23.6. The standard InChI is InChI=1S/C26H21N5O3S2/c1-16-13-14-27-26(28-16)31-36(33,34)19-10-8-18(9-11-19)29-25(32)21-15-23(24-12-7-17(2)35-24)30-22-6-4-3-5-20(21)22/h3-15H,1-2H3,(H,29,32)(H,27,28,31). The SMILES string of the molecule is Cc1ccnc(NS(=O)(=O)c2ccc(NC(=O)c3cc(-c4ccc(C)s4)nc4ccccc34)cc2)n1. The molecule has 36 heavy (non-hydrogen) atoms. The maximum atomic E-state index is 13.3. The second kappa shape index (κ2) is 9.48. The highest BCUT2D eigenvalue weighted by molar-refractivity contribution is 7.92. The summed E-state index contributed by atoms with van der Waals surface area (Å²) in [5.74, 6) is -0.321. The first-order valence-electron chi connectivity index (χ1n) is 11.0. The third-order valence-corrected chi connectivity index (χ3v) is 7.76. The number of para-hydroxylation sites is 1. The van der Waals surface area contributed by atoms with E-state index >= 15 is 0 Å². The van der Waals surface area contributed by atoms with Gasteiger partial charge in [0.15, 0.2) is 0 Å². The Morgan fingerprint density at radius 3 is 2.42 bits per heavy atom. The van der Waals surface area contributed by atoms with Crippen LogP contribution in [0, 0.1) is 13.8 Å². The van der Waals surface area contributed by atoms with Gasteiger partial charge in [-0.05, 0) is 68.4 Å². The molecule has 0 aliphatic rings. The third kappa shape index (κ3) is 4.95. The fourth-order valence-electron chi connectivity index (χ4n) is 3.65. The zero-order valence-corrected chi connectivity index (χ0v) is 21.0. The molecule has 0 aliphatic heterocycles. The Morgan fingerprint density at radius 2 is 1.69 bits per heavy atom. The number of carbonyl (C=O) groups is 1. The van der Waals surface area contributed by atoms with Gasteiger partial charge >= 0.3 is 0 Å². The molecule has 0 saturated heterocycles. The second-order valence-electron chi connectivity index (χ2n) is 8.09. The summed E-state index contributed by atoms with van der Waals surface area (Å²) < 4.78 is 27.8. The van der Waals surface area contributed by atoms with Crippen molar-refractivity contribution in [1.29, 1.82) is 0 Å². The molecular formula is C26H21N5O3S2. The molecule has 0 fully saturated rings. The molecule has 1 amide bonds. The summed E-state index contributed by atoms with van der Waals surface area (Å²) in [4.78, 5) is 28.2. The maximum Gasteiger partial charge on any atom is 0.264 e. The number of hydrogen-bond donors (Lipinski definition) is 2. The lowest BCUT2D eigenvalue weighted by Crippen LogP contribution is -2.16. The largest absolute Gasteiger partial charge is 0.322 e. The fourth-order valence-corrected chi connectivity index (χ4v) is 5.43. The number of anilines is 2. The van der Waals surface area contributed by atoms with Gasteiger partial charge in [0.05, 0.1) is 26.5 Å². The summed E-state index contributed by atoms with van der Waals surface area (Å²) in [6.45, 7) is 3.77. The number of aryl methyl sites for hydroxylation is 2. The predicted molar refractivity (Wildman–Crippen MR) is 142 cm³/mol. The molecule has 0 atom stereocenters. The van der Waals surface area contributed by atoms with Crippen molar-refractivity contribution in [3.63, 3.8) is 0 Å². The van der Waals surface area contributed by atoms with Crippen molar-refractivity contribution < 1.29 is 13.2 Å². The number of sulfonamides is 1. The van der Waals surface area contributed by atoms with Gasteiger partial charge in [-0.1, -0.05) is 18.2 Å². The fraction of sp³-hybridized carbons (Fsp3) is 0.0769. The highest BCUT2D eigenvalue weighted by atomic mass is 32.2. The van der Waals surface area contributed by atoms with Gasteiger partial charge in [0, 0.05) is 27.8 Å². The Balaban J connectivity index is 1.40. The van der Waals surface area contributed by atoms with E-state index in [0.717, 1.165) is 26.4 Å². The average molecular weight is 516 g/mol. The lowest BCUT2D eigenvalue weighted by molar-refractivity contribution is 0.102. The van der Waals surface area contributed by atoms with Crippen LogP contribution in [0.25, 0.3) is 21.5 Å². The lowest BCUT2D eigenvalue weighted by atomic mass is 10.1. The molecule has 3 heterocycles. The minimum Gasteiger partial charge on any atom is -0.322 e. The zero-order chi connectivity index (χ0) is 25.3. The molecule has 8 nitrogen and oxygen atoms in total. The maximum absolute atomic E-state index is 13.3. The number of benzene rings is 2. The van der Waals surface area contributed by atoms with Crippen LogP contribution in [0.4, 0.5) is 11.6 Å². The number of carbonyl (C=O) groups excluding carboxylic acids is 1. The molecule has 0 saturated carbocycles. The van der Waals surface area contributed by atoms with Gasteiger partial charge in [0.1, 0.15) is 0 Å². The van der Waals surface area contributed by atoms with Gasteiger partial charge < -0.3 is 5.32 Å². The van der Waals surface area contributed by atoms with Crippen LogP contribution in [0.2, 0.25) is 0 Å². The number of hydrogen-bond acceptors (Lipinski definition) is 7. The quantitative estimate of drug-likeness (QED) is 0.312. The molecular weight excluding hydrogens is 494 g/mol. The number of nitrogens with one attached hydrogen (secondary N) is 2. The monoisotopic (exact) mass is 515 g/mol. The summed E-state index contributed by atoms with van der Waals surface area (Å²) >= 11 is 1.61. The molecule has 5 aromatic rings. The number of rotatable bonds is 6. The molecule has 0 unspecified atom stereocenters. The summed E-state index contributed by atoms with van der Waals surface area (Å²) in [5.41, 5.74) is 3.03. The van der Waals surface area contributed by atoms with Crippen LogP contribution in [0.3, 0.4) is 0 Å². The molecule has 2 aromatic carbocycles. The molecule has 0 radical (unpaired) electrons. The first-order chi connectivity index (χ1) is 17.3. The van der Waals surface area contributed by atoms with E-state index in [0.29, 0.717) is 16.9 Å². The summed E-state index contributed by atoms with van der Waals surface area (Å²) in [5, 5.41) is 3.60. The average Bonchev–Trinajstić information content (AvgIpc) is 3.29. The van der Waals surface area contributed by atoms with Crippen molar-refractivity contribution >= 4 is 49.8 Å². The Hall–Kier alpha value is -4.15. The van der Waals surface area contributed by atoms with Crippen LogP contribution < -0.4 is 10.0 Å². The van der Waals surface area contributed by atoms with Gasteiger partial charge in [0.2, 0.25) is 5.95 Å². The van der Waals surface area contributed by atoms with E-state index < -0.39 is 10.0 Å². The third-order valence-electron chi connectivity index (χ3n) is 5.40. The zero-order valence-electron chi connectivity index (χ0n) is 19.4. The first-order valence-corrected chi connectivity index (χ1v) is 13.3. The van der Waals surface area contributed by atoms with E-state index in [1.807, 2.05) is 43.3 Å². The molecule has 0 aliphatic carbocycles. The highest BCUT2D eigenvalue weighted by Crippen LogP contribution is 2.30. The van der Waals surface area contributed by atoms with Crippen LogP contribution in [0.15, 0.2) is 83.9 Å². The van der Waals surface area contributed by atoms with Crippen molar-refractivity contribution in [2.24, 2.45) is 0 Å². The summed E-state index contributed by atoms with van der Waals surface area (Å²) in [6.07, 6.45) is 1.48. The van der Waals surface area contributed by atoms with E-state index in [2.05, 4.69) is 20.0 Å². The second-order valence-corrected chi connectivity index (χ2v) is 11.1. The van der Waals surface area contributed by atoms with Crippen LogP contribution in [-0.2, 0) is 10.0 Å². The van der Waals surface area contributed by atoms with Crippen LogP contribution in [0.1, 0.15) is 20.9 Å². The number of thiophene rings is 1. The number of aromatic nitrogens is 3. The Bertz CT molecular complexity index is 1700. The van der Waals surface area contributed by atoms with Crippen LogP contribution >= 0.6 is 11.3 Å². The van der Waals surface area contributed by atoms with Gasteiger partial charge in [-0.25, -0.2) is 28.1 Å². The summed E-state index contributed by atoms with van der Waals surface area (Å²) in [7, 11) is -3.89. The Kier molecular flexibility index (Phi) is 6.21. The summed E-state index contributed by atoms with van der Waals surface area (Å²) in [6, 6.07) is 20.9. The van der Waals surface area contributed by atoms with E-state index in [4.69, 9.17) is 4.98 Å². The van der Waals surface area contributed by atoms with E-state index in [1.54, 1.807) is 30.4 Å². The Morgan fingerprint density at radius 1 is 0.917 bits per heavy atom. The van der Waals surface area contributed by atoms with Crippen LogP contribution in [-0.4, -0.2) is 29.3 Å². The molecule has 10 heteroatoms. The number of pyridine rings is 1. The van der Waals surface area contributed by atoms with Crippen molar-refractivity contribution in [2.45, 2.75) is 18.7 Å². The number of fused-ring (bicyclic) bond motifs is 1. The minimum absolute atomic E-state index is 0.00585. The lowest BCUT2D eigenvalue weighted by Gasteiger charge is -2.11. The normalized spacial score (nSPS) is 11.4. The van der Waals surface area contributed by atoms with Crippen molar-refractivity contribution in [2.75, 3.05) is 10.0 Å². The molecule has 0 spiro atoms. The van der Waals surface area contributed by atoms with E-state index in [-0.39, 0.29) is 16.8 Å². The topological polar surface area (TPSA) is 114 Å². The van der Waals surface area contributed by atoms with Gasteiger partial charge in [-0.3, -0.25) is 4.79 Å². The van der Waals surface area contributed by atoms with E-state index in [1.165, 1.54) is 30.5 Å². The van der Waals surface area contributed by atoms with Gasteiger partial charge in [-0.2, -0.15) is 0 Å². The molecule has 3 aromatic heterocycles. The molecule has 180 valence electrons. The number of amides is 1. The number of nitrogens with zero attached hydrogens (tertiary/aromatic N) is 3. The Labute approximate surface area is 212 Å². The van der Waals surface area contributed by atoms with Crippen molar-refractivity contribution in [3.8, 4) is 10.6 Å². The van der Waals surface area contributed by atoms with Crippen LogP contribution in [0.5, 0.6) is 0 Å². The smallest absolute Gasteiger partial charge is 0.264 e. The van der Waals surface area contributed by atoms with Crippen molar-refractivity contribution in [1.82, 2.24) is 15.0 Å². The minimum atomic E-state index is -3.89.